The van der Waals surface area contributed by atoms with Crippen molar-refractivity contribution in [3.63, 3.8) is 0 Å². The van der Waals surface area contributed by atoms with Crippen LogP contribution in [0.25, 0.3) is 0 Å². The largest absolute Gasteiger partial charge is 0.465 e. The number of nitrogens with two attached hydrogens (primary N) is 1. The third kappa shape index (κ3) is 2.49. The van der Waals surface area contributed by atoms with Crippen molar-refractivity contribution < 1.29 is 9.53 Å². The summed E-state index contributed by atoms with van der Waals surface area (Å²) in [6.07, 6.45) is 0. The number of nitriles is 1. The van der Waals surface area contributed by atoms with Gasteiger partial charge in [-0.2, -0.15) is 5.26 Å². The number of nitrogen functional groups attached to an aromatic ring is 1. The quantitative estimate of drug-likeness (QED) is 0.415. The first-order valence-corrected chi connectivity index (χ1v) is 4.07. The summed E-state index contributed by atoms with van der Waals surface area (Å²) >= 11 is 0. The van der Waals surface area contributed by atoms with Crippen molar-refractivity contribution in [2.24, 2.45) is 0 Å². The minimum Gasteiger partial charge on any atom is -0.465 e. The molecule has 0 bridgehead atoms. The number of carbonyl (C=O) groups excluding carboxylic acids is 1. The van der Waals surface area contributed by atoms with E-state index in [1.807, 2.05) is 0 Å². The lowest BCUT2D eigenvalue weighted by atomic mass is 10.1. The molecule has 74 valence electrons. The molecule has 1 rings (SSSR count). The van der Waals surface area contributed by atoms with Crippen LogP contribution < -0.4 is 5.73 Å². The molecular weight excluding hydrogens is 192 g/mol. The van der Waals surface area contributed by atoms with Gasteiger partial charge in [-0.3, -0.25) is 0 Å². The molecule has 0 heterocycles. The molecule has 2 N–H and O–H groups in total. The fourth-order valence-corrected chi connectivity index (χ4v) is 1.02. The van der Waals surface area contributed by atoms with E-state index in [9.17, 15) is 4.79 Å². The fourth-order valence-electron chi connectivity index (χ4n) is 1.02. The summed E-state index contributed by atoms with van der Waals surface area (Å²) in [6.45, 7) is 0. The van der Waals surface area contributed by atoms with Crippen LogP contribution in [0.4, 0.5) is 5.69 Å². The number of benzene rings is 1. The van der Waals surface area contributed by atoms with Crippen molar-refractivity contribution in [1.29, 1.82) is 5.26 Å². The predicted octanol–water partition coefficient (Wildman–Crippen LogP) is 0.930. The van der Waals surface area contributed by atoms with E-state index in [4.69, 9.17) is 11.0 Å². The lowest BCUT2D eigenvalue weighted by Crippen LogP contribution is -2.02. The first-order chi connectivity index (χ1) is 7.19. The smallest absolute Gasteiger partial charge is 0.337 e. The summed E-state index contributed by atoms with van der Waals surface area (Å²) in [6, 6.07) is 6.27. The minimum atomic E-state index is -0.457. The molecule has 0 atom stereocenters. The van der Waals surface area contributed by atoms with E-state index < -0.39 is 5.97 Å². The molecule has 0 spiro atoms. The first kappa shape index (κ1) is 10.6. The Morgan fingerprint density at radius 3 is 2.80 bits per heavy atom. The SMILES string of the molecule is COC(=O)c1ccc(C#CC#N)c(N)c1. The number of methoxy groups -OCH3 is 1. The minimum absolute atomic E-state index is 0.348. The van der Waals surface area contributed by atoms with Gasteiger partial charge in [0.2, 0.25) is 0 Å². The Hall–Kier alpha value is -2.46. The maximum atomic E-state index is 11.1. The second kappa shape index (κ2) is 4.69. The highest BCUT2D eigenvalue weighted by atomic mass is 16.5. The molecule has 0 saturated carbocycles. The van der Waals surface area contributed by atoms with Gasteiger partial charge in [0.05, 0.1) is 12.7 Å². The van der Waals surface area contributed by atoms with Gasteiger partial charge in [0.25, 0.3) is 0 Å². The lowest BCUT2D eigenvalue weighted by Gasteiger charge is -2.01. The highest BCUT2D eigenvalue weighted by Crippen LogP contribution is 2.13. The molecule has 0 aliphatic rings. The van der Waals surface area contributed by atoms with Crippen LogP contribution in [0, 0.1) is 23.2 Å². The molecule has 0 radical (unpaired) electrons. The normalized spacial score (nSPS) is 8.27. The molecule has 0 unspecified atom stereocenters. The van der Waals surface area contributed by atoms with E-state index in [1.54, 1.807) is 18.2 Å². The molecule has 15 heavy (non-hydrogen) atoms. The standard InChI is InChI=1S/C11H8N2O2/c1-15-11(14)9-5-4-8(3-2-6-12)10(13)7-9/h4-5,7H,13H2,1H3. The van der Waals surface area contributed by atoms with Crippen molar-refractivity contribution in [2.45, 2.75) is 0 Å². The number of anilines is 1. The average molecular weight is 200 g/mol. The van der Waals surface area contributed by atoms with Crippen LogP contribution in [0.15, 0.2) is 18.2 Å². The second-order valence-corrected chi connectivity index (χ2v) is 2.66. The maximum Gasteiger partial charge on any atom is 0.337 e. The van der Waals surface area contributed by atoms with E-state index >= 15 is 0 Å². The van der Waals surface area contributed by atoms with Crippen LogP contribution in [0.1, 0.15) is 15.9 Å². The van der Waals surface area contributed by atoms with Crippen molar-refractivity contribution >= 4 is 11.7 Å². The summed E-state index contributed by atoms with van der Waals surface area (Å²) in [5.41, 5.74) is 6.86. The van der Waals surface area contributed by atoms with Gasteiger partial charge in [0.15, 0.2) is 6.07 Å². The summed E-state index contributed by atoms with van der Waals surface area (Å²) in [7, 11) is 1.29. The van der Waals surface area contributed by atoms with Crippen LogP contribution in [0.5, 0.6) is 0 Å². The summed E-state index contributed by atoms with van der Waals surface area (Å²) in [5.74, 6) is 4.33. The van der Waals surface area contributed by atoms with Gasteiger partial charge < -0.3 is 10.5 Å². The molecule has 0 amide bonds. The zero-order valence-electron chi connectivity index (χ0n) is 8.07. The van der Waals surface area contributed by atoms with Crippen molar-refractivity contribution in [3.05, 3.63) is 29.3 Å². The highest BCUT2D eigenvalue weighted by molar-refractivity contribution is 5.90. The van der Waals surface area contributed by atoms with E-state index in [2.05, 4.69) is 16.6 Å². The second-order valence-electron chi connectivity index (χ2n) is 2.66. The number of carbonyl (C=O) groups is 1. The third-order valence-corrected chi connectivity index (χ3v) is 1.73. The van der Waals surface area contributed by atoms with Gasteiger partial charge in [-0.1, -0.05) is 0 Å². The Morgan fingerprint density at radius 1 is 1.53 bits per heavy atom. The Labute approximate surface area is 87.3 Å². The zero-order chi connectivity index (χ0) is 11.3. The zero-order valence-corrected chi connectivity index (χ0v) is 8.07. The van der Waals surface area contributed by atoms with E-state index in [0.717, 1.165) is 0 Å². The lowest BCUT2D eigenvalue weighted by molar-refractivity contribution is 0.0601. The maximum absolute atomic E-state index is 11.1. The Bertz CT molecular complexity index is 490. The van der Waals surface area contributed by atoms with Crippen LogP contribution in [0.2, 0.25) is 0 Å². The average Bonchev–Trinajstić information content (AvgIpc) is 2.26. The molecule has 1 aromatic rings. The number of hydrogen-bond acceptors (Lipinski definition) is 4. The van der Waals surface area contributed by atoms with Crippen molar-refractivity contribution in [2.75, 3.05) is 12.8 Å². The van der Waals surface area contributed by atoms with E-state index in [-0.39, 0.29) is 0 Å². The number of hydrogen-bond donors (Lipinski definition) is 1. The summed E-state index contributed by atoms with van der Waals surface area (Å²) < 4.78 is 4.53. The van der Waals surface area contributed by atoms with Gasteiger partial charge in [-0.25, -0.2) is 4.79 Å². The first-order valence-electron chi connectivity index (χ1n) is 4.07. The van der Waals surface area contributed by atoms with Gasteiger partial charge in [0.1, 0.15) is 0 Å². The van der Waals surface area contributed by atoms with Crippen LogP contribution in [0.3, 0.4) is 0 Å². The van der Waals surface area contributed by atoms with Gasteiger partial charge in [0, 0.05) is 17.2 Å². The van der Waals surface area contributed by atoms with Crippen LogP contribution in [-0.4, -0.2) is 13.1 Å². The molecule has 4 heteroatoms. The number of rotatable bonds is 1. The highest BCUT2D eigenvalue weighted by Gasteiger charge is 2.06. The van der Waals surface area contributed by atoms with Gasteiger partial charge in [-0.15, -0.1) is 0 Å². The number of nitrogens with zero attached hydrogens (tertiary/aromatic N) is 1. The molecule has 4 nitrogen and oxygen atoms in total. The van der Waals surface area contributed by atoms with E-state index in [0.29, 0.717) is 16.8 Å². The monoisotopic (exact) mass is 200 g/mol. The molecule has 0 saturated heterocycles. The van der Waals surface area contributed by atoms with Gasteiger partial charge in [-0.05, 0) is 24.1 Å². The molecule has 0 aromatic heterocycles. The summed E-state index contributed by atoms with van der Waals surface area (Å²) in [4.78, 5) is 11.1. The number of ether oxygens (including phenoxy) is 1. The Kier molecular flexibility index (Phi) is 3.32. The molecule has 0 aliphatic carbocycles. The number of esters is 1. The van der Waals surface area contributed by atoms with Crippen LogP contribution >= 0.6 is 0 Å². The molecular formula is C11H8N2O2. The van der Waals surface area contributed by atoms with Crippen molar-refractivity contribution in [1.82, 2.24) is 0 Å². The Balaban J connectivity index is 3.10. The van der Waals surface area contributed by atoms with E-state index in [1.165, 1.54) is 13.2 Å². The fraction of sp³-hybridized carbons (Fsp3) is 0.0909. The summed E-state index contributed by atoms with van der Waals surface area (Å²) in [5, 5.41) is 8.26. The van der Waals surface area contributed by atoms with Gasteiger partial charge >= 0.3 is 5.97 Å². The Morgan fingerprint density at radius 2 is 2.27 bits per heavy atom. The molecule has 1 aromatic carbocycles. The molecule has 0 fully saturated rings. The van der Waals surface area contributed by atoms with Crippen molar-refractivity contribution in [3.8, 4) is 17.9 Å². The topological polar surface area (TPSA) is 76.1 Å². The predicted molar refractivity (Wildman–Crippen MR) is 54.7 cm³/mol. The third-order valence-electron chi connectivity index (χ3n) is 1.73. The van der Waals surface area contributed by atoms with Crippen LogP contribution in [-0.2, 0) is 4.74 Å². The molecule has 0 aliphatic heterocycles.